The zero-order valence-corrected chi connectivity index (χ0v) is 34.2. The first kappa shape index (κ1) is 46.3. The van der Waals surface area contributed by atoms with E-state index in [9.17, 15) is 18.7 Å². The van der Waals surface area contributed by atoms with Crippen molar-refractivity contribution in [3.8, 4) is 0 Å². The van der Waals surface area contributed by atoms with Crippen LogP contribution < -0.4 is 11.5 Å². The smallest absolute Gasteiger partial charge is 0.433 e. The number of alkyl halides is 1. The van der Waals surface area contributed by atoms with Gasteiger partial charge in [-0.3, -0.25) is 4.57 Å². The average molecular weight is 880 g/mol. The molecule has 0 bridgehead atoms. The summed E-state index contributed by atoms with van der Waals surface area (Å²) in [7, 11) is -6.29. The summed E-state index contributed by atoms with van der Waals surface area (Å²) in [6.45, 7) is 8.13. The van der Waals surface area contributed by atoms with Gasteiger partial charge in [0.25, 0.3) is 6.35 Å². The van der Waals surface area contributed by atoms with Crippen LogP contribution in [0.25, 0.3) is 22.3 Å². The van der Waals surface area contributed by atoms with Gasteiger partial charge in [0, 0.05) is 26.2 Å². The van der Waals surface area contributed by atoms with Crippen molar-refractivity contribution in [1.29, 1.82) is 0 Å². The standard InChI is InChI=1S/C15H22N6O6P.C9H14N5O4P.C6H10ClNO3/c1-11(6-21-8-19-12-13(16)17-7-18-14(12)21)26-10-28(23)27-9-25-15(22)20-2-4-24-5-3-20;1-6(18-5-19(15,16)17)2-14-4-13-7-8(10)11-3-12-9(7)14;7-5-11-6(9)8-1-3-10-4-2-8/h7-8,11H,2-6,9-10H2,1H3,(H2,16,17,18);3-4,6H,2,5H2,1H3,(H2,10,11,12)(H2,15,16,17);1-5H2/q+1;;/t11-;6-;/m11./s1. The number of halogens is 1. The summed E-state index contributed by atoms with van der Waals surface area (Å²) >= 11 is 5.21. The highest BCUT2D eigenvalue weighted by molar-refractivity contribution is 7.51. The lowest BCUT2D eigenvalue weighted by atomic mass is 10.4. The second-order valence-corrected chi connectivity index (χ2v) is 15.2. The van der Waals surface area contributed by atoms with Gasteiger partial charge in [-0.15, -0.1) is 4.52 Å². The Morgan fingerprint density at radius 2 is 1.28 bits per heavy atom. The molecule has 6 heterocycles. The molecule has 58 heavy (non-hydrogen) atoms. The van der Waals surface area contributed by atoms with Gasteiger partial charge >= 0.3 is 27.8 Å². The maximum atomic E-state index is 11.9. The zero-order valence-electron chi connectivity index (χ0n) is 31.6. The van der Waals surface area contributed by atoms with Gasteiger partial charge in [-0.05, 0) is 18.4 Å². The molecular weight excluding hydrogens is 834 g/mol. The van der Waals surface area contributed by atoms with Gasteiger partial charge in [0.15, 0.2) is 29.0 Å². The fourth-order valence-corrected chi connectivity index (χ4v) is 6.19. The Labute approximate surface area is 337 Å². The van der Waals surface area contributed by atoms with Crippen LogP contribution in [-0.4, -0.2) is 161 Å². The van der Waals surface area contributed by atoms with Crippen molar-refractivity contribution in [3.05, 3.63) is 25.3 Å². The molecule has 25 nitrogen and oxygen atoms in total. The number of aromatic nitrogens is 8. The predicted molar refractivity (Wildman–Crippen MR) is 204 cm³/mol. The van der Waals surface area contributed by atoms with Crippen molar-refractivity contribution in [1.82, 2.24) is 48.8 Å². The van der Waals surface area contributed by atoms with E-state index in [1.807, 2.05) is 6.92 Å². The molecule has 0 spiro atoms. The molecule has 2 amide bonds. The molecule has 28 heteroatoms. The van der Waals surface area contributed by atoms with E-state index in [1.165, 1.54) is 23.9 Å². The average Bonchev–Trinajstić information content (AvgIpc) is 3.82. The van der Waals surface area contributed by atoms with Gasteiger partial charge in [0.1, 0.15) is 30.0 Å². The number of nitrogens with two attached hydrogens (primary N) is 2. The molecule has 2 fully saturated rings. The Morgan fingerprint density at radius 1 is 0.810 bits per heavy atom. The van der Waals surface area contributed by atoms with Crippen molar-refractivity contribution in [2.75, 3.05) is 89.6 Å². The molecule has 2 aliphatic rings. The topological polar surface area (TPSA) is 319 Å². The van der Waals surface area contributed by atoms with E-state index in [0.717, 1.165) is 0 Å². The van der Waals surface area contributed by atoms with E-state index in [4.69, 9.17) is 61.1 Å². The van der Waals surface area contributed by atoms with Crippen molar-refractivity contribution >= 4 is 73.4 Å². The van der Waals surface area contributed by atoms with Gasteiger partial charge in [-0.25, -0.2) is 39.5 Å². The van der Waals surface area contributed by atoms with E-state index in [1.54, 1.807) is 27.3 Å². The van der Waals surface area contributed by atoms with Gasteiger partial charge in [-0.1, -0.05) is 11.6 Å². The number of hydrogen-bond acceptors (Lipinski definition) is 19. The number of nitrogen functional groups attached to an aromatic ring is 2. The molecule has 0 aliphatic carbocycles. The number of hydrogen-bond donors (Lipinski definition) is 4. The van der Waals surface area contributed by atoms with Crippen LogP contribution in [0.3, 0.4) is 0 Å². The molecular formula is C30H46ClN12O13P2+. The minimum absolute atomic E-state index is 0.0871. The molecule has 0 aromatic carbocycles. The van der Waals surface area contributed by atoms with Crippen LogP contribution in [0.4, 0.5) is 21.2 Å². The first-order chi connectivity index (χ1) is 27.8. The van der Waals surface area contributed by atoms with E-state index < -0.39 is 41.0 Å². The molecule has 2 saturated heterocycles. The number of carbonyl (C=O) groups is 2. The van der Waals surface area contributed by atoms with Crippen LogP contribution in [0.2, 0.25) is 0 Å². The minimum Gasteiger partial charge on any atom is -0.433 e. The summed E-state index contributed by atoms with van der Waals surface area (Å²) in [6.07, 6.45) is 3.52. The first-order valence-electron chi connectivity index (χ1n) is 17.5. The molecule has 2 aliphatic heterocycles. The Kier molecular flexibility index (Phi) is 18.5. The normalized spacial score (nSPS) is 15.8. The third-order valence-corrected chi connectivity index (χ3v) is 9.20. The molecule has 3 atom stereocenters. The number of carbonyl (C=O) groups excluding carboxylic acids is 2. The van der Waals surface area contributed by atoms with Crippen molar-refractivity contribution < 1.29 is 61.5 Å². The van der Waals surface area contributed by atoms with E-state index in [-0.39, 0.29) is 30.4 Å². The van der Waals surface area contributed by atoms with Crippen molar-refractivity contribution in [2.45, 2.75) is 39.1 Å². The molecule has 0 radical (unpaired) electrons. The fourth-order valence-electron chi connectivity index (χ4n) is 5.03. The summed E-state index contributed by atoms with van der Waals surface area (Å²) in [5, 5.41) is 0. The summed E-state index contributed by atoms with van der Waals surface area (Å²) in [4.78, 5) is 67.5. The zero-order chi connectivity index (χ0) is 42.1. The van der Waals surface area contributed by atoms with Gasteiger partial charge < -0.3 is 68.6 Å². The number of morpholine rings is 2. The fraction of sp³-hybridized carbons (Fsp3) is 0.600. The Bertz CT molecular complexity index is 1980. The number of amides is 2. The highest BCUT2D eigenvalue weighted by Gasteiger charge is 2.24. The Hall–Kier alpha value is -4.42. The van der Waals surface area contributed by atoms with E-state index >= 15 is 0 Å². The summed E-state index contributed by atoms with van der Waals surface area (Å²) < 4.78 is 61.4. The van der Waals surface area contributed by atoms with Crippen LogP contribution in [0.5, 0.6) is 0 Å². The molecule has 4 aromatic rings. The summed E-state index contributed by atoms with van der Waals surface area (Å²) in [5.41, 5.74) is 13.6. The second-order valence-electron chi connectivity index (χ2n) is 12.2. The van der Waals surface area contributed by atoms with Gasteiger partial charge in [-0.2, -0.15) is 0 Å². The molecule has 0 saturated carbocycles. The second kappa shape index (κ2) is 23.2. The summed E-state index contributed by atoms with van der Waals surface area (Å²) in [6, 6.07) is -0.0871. The number of nitrogens with zero attached hydrogens (tertiary/aromatic N) is 10. The predicted octanol–water partition coefficient (Wildman–Crippen LogP) is 1.56. The van der Waals surface area contributed by atoms with Gasteiger partial charge in [0.05, 0.1) is 64.4 Å². The van der Waals surface area contributed by atoms with Crippen LogP contribution in [0, 0.1) is 0 Å². The minimum atomic E-state index is -4.16. The van der Waals surface area contributed by atoms with E-state index in [0.29, 0.717) is 93.8 Å². The molecule has 320 valence electrons. The lowest BCUT2D eigenvalue weighted by Gasteiger charge is -2.25. The highest BCUT2D eigenvalue weighted by atomic mass is 35.5. The maximum Gasteiger partial charge on any atom is 0.540 e. The lowest BCUT2D eigenvalue weighted by molar-refractivity contribution is 0.00126. The molecule has 6 N–H and O–H groups in total. The Morgan fingerprint density at radius 3 is 1.74 bits per heavy atom. The maximum absolute atomic E-state index is 11.9. The first-order valence-corrected chi connectivity index (χ1v) is 21.2. The van der Waals surface area contributed by atoms with Crippen LogP contribution >= 0.6 is 27.2 Å². The molecule has 4 aromatic heterocycles. The number of ether oxygens (including phenoxy) is 6. The number of anilines is 2. The molecule has 1 unspecified atom stereocenters. The number of fused-ring (bicyclic) bond motifs is 2. The van der Waals surface area contributed by atoms with Gasteiger partial charge in [0.2, 0.25) is 6.79 Å². The van der Waals surface area contributed by atoms with Crippen LogP contribution in [0.15, 0.2) is 25.3 Å². The Balaban J connectivity index is 0.000000213. The van der Waals surface area contributed by atoms with E-state index in [2.05, 4.69) is 34.6 Å². The quantitative estimate of drug-likeness (QED) is 0.0793. The third-order valence-electron chi connectivity index (χ3n) is 7.85. The molecule has 6 rings (SSSR count). The largest absolute Gasteiger partial charge is 0.540 e. The SMILES string of the molecule is C[C@H](Cn1cnc2c(N)ncnc21)OCP(=O)(O)O.C[C@H](Cn1cnc2c(N)ncnc21)OC[P+](=O)OCOC(=O)N1CCOCC1.O=C(OCCl)N1CCOCC1. The highest BCUT2D eigenvalue weighted by Crippen LogP contribution is 2.34. The third kappa shape index (κ3) is 15.1. The number of rotatable bonds is 14. The van der Waals surface area contributed by atoms with Crippen molar-refractivity contribution in [2.24, 2.45) is 0 Å². The lowest BCUT2D eigenvalue weighted by Crippen LogP contribution is -2.41. The monoisotopic (exact) mass is 879 g/mol. The summed E-state index contributed by atoms with van der Waals surface area (Å²) in [5.74, 6) is 0.591. The van der Waals surface area contributed by atoms with Crippen LogP contribution in [-0.2, 0) is 55.2 Å². The van der Waals surface area contributed by atoms with Crippen molar-refractivity contribution in [3.63, 3.8) is 0 Å². The number of imidazole rings is 2. The van der Waals surface area contributed by atoms with Crippen LogP contribution in [0.1, 0.15) is 13.8 Å².